The van der Waals surface area contributed by atoms with Crippen molar-refractivity contribution in [2.24, 2.45) is 7.05 Å². The van der Waals surface area contributed by atoms with Crippen molar-refractivity contribution in [3.8, 4) is 0 Å². The van der Waals surface area contributed by atoms with Crippen molar-refractivity contribution in [3.63, 3.8) is 0 Å². The topological polar surface area (TPSA) is 39.1 Å². The van der Waals surface area contributed by atoms with Crippen LogP contribution >= 0.6 is 0 Å². The predicted octanol–water partition coefficient (Wildman–Crippen LogP) is 2.33. The molecule has 0 aliphatic rings. The van der Waals surface area contributed by atoms with Gasteiger partial charge in [0.2, 0.25) is 0 Å². The van der Waals surface area contributed by atoms with Crippen molar-refractivity contribution in [2.45, 2.75) is 13.3 Å². The van der Waals surface area contributed by atoms with Crippen LogP contribution in [0.15, 0.2) is 24.3 Å². The van der Waals surface area contributed by atoms with E-state index in [1.165, 1.54) is 0 Å². The second kappa shape index (κ2) is 4.14. The lowest BCUT2D eigenvalue weighted by molar-refractivity contribution is 0.551. The van der Waals surface area contributed by atoms with E-state index in [0.717, 1.165) is 22.2 Å². The van der Waals surface area contributed by atoms with E-state index in [9.17, 15) is 12.3 Å². The van der Waals surface area contributed by atoms with Gasteiger partial charge in [0.1, 0.15) is 0 Å². The van der Waals surface area contributed by atoms with Gasteiger partial charge in [-0.1, -0.05) is 18.2 Å². The van der Waals surface area contributed by atoms with Crippen LogP contribution in [0.1, 0.15) is 11.3 Å². The molecule has 0 N–H and O–H groups in total. The fraction of sp³-hybridized carbons (Fsp3) is 0.333. The van der Waals surface area contributed by atoms with Gasteiger partial charge in [-0.3, -0.25) is 0 Å². The zero-order chi connectivity index (χ0) is 12.6. The summed E-state index contributed by atoms with van der Waals surface area (Å²) in [5.41, 5.74) is 2.93. The lowest BCUT2D eigenvalue weighted by Gasteiger charge is -2.00. The van der Waals surface area contributed by atoms with Crippen molar-refractivity contribution in [1.82, 2.24) is 4.57 Å². The Balaban J connectivity index is 2.50. The van der Waals surface area contributed by atoms with E-state index < -0.39 is 16.0 Å². The lowest BCUT2D eigenvalue weighted by atomic mass is 10.1. The maximum atomic E-state index is 12.6. The fourth-order valence-corrected chi connectivity index (χ4v) is 2.59. The molecule has 0 aliphatic heterocycles. The number of aromatic nitrogens is 1. The Labute approximate surface area is 100 Å². The van der Waals surface area contributed by atoms with Crippen molar-refractivity contribution < 1.29 is 12.3 Å². The highest BCUT2D eigenvalue weighted by Crippen LogP contribution is 2.25. The number of halogens is 1. The smallest absolute Gasteiger partial charge is 0.302 e. The van der Waals surface area contributed by atoms with E-state index >= 15 is 0 Å². The number of para-hydroxylation sites is 1. The number of nitrogens with zero attached hydrogens (tertiary/aromatic N) is 1. The minimum Gasteiger partial charge on any atom is -0.348 e. The van der Waals surface area contributed by atoms with Crippen molar-refractivity contribution in [1.29, 1.82) is 0 Å². The molecule has 2 rings (SSSR count). The molecular weight excluding hydrogens is 241 g/mol. The van der Waals surface area contributed by atoms with Crippen molar-refractivity contribution in [3.05, 3.63) is 35.5 Å². The Morgan fingerprint density at radius 2 is 1.94 bits per heavy atom. The molecular formula is C12H14FNO2S. The van der Waals surface area contributed by atoms with Crippen LogP contribution in [0.25, 0.3) is 10.9 Å². The molecule has 0 aliphatic carbocycles. The third-order valence-corrected chi connectivity index (χ3v) is 3.82. The normalized spacial score (nSPS) is 12.2. The van der Waals surface area contributed by atoms with Gasteiger partial charge in [-0.2, -0.15) is 8.42 Å². The zero-order valence-corrected chi connectivity index (χ0v) is 10.6. The van der Waals surface area contributed by atoms with Crippen LogP contribution in [-0.2, 0) is 23.7 Å². The van der Waals surface area contributed by atoms with Crippen LogP contribution in [0.4, 0.5) is 3.89 Å². The lowest BCUT2D eigenvalue weighted by Crippen LogP contribution is -2.03. The molecule has 1 aromatic heterocycles. The van der Waals surface area contributed by atoms with Crippen LogP contribution in [0.5, 0.6) is 0 Å². The maximum Gasteiger partial charge on any atom is 0.302 e. The Morgan fingerprint density at radius 3 is 2.59 bits per heavy atom. The minimum atomic E-state index is -4.41. The van der Waals surface area contributed by atoms with E-state index in [-0.39, 0.29) is 6.42 Å². The fourth-order valence-electron chi connectivity index (χ4n) is 2.14. The summed E-state index contributed by atoms with van der Waals surface area (Å²) >= 11 is 0. The predicted molar refractivity (Wildman–Crippen MR) is 66.3 cm³/mol. The third kappa shape index (κ3) is 2.34. The molecule has 1 heterocycles. The van der Waals surface area contributed by atoms with E-state index in [4.69, 9.17) is 0 Å². The zero-order valence-electron chi connectivity index (χ0n) is 9.77. The molecule has 3 nitrogen and oxygen atoms in total. The molecule has 1 aromatic carbocycles. The molecule has 5 heteroatoms. The summed E-state index contributed by atoms with van der Waals surface area (Å²) in [5, 5.41) is 0.996. The highest BCUT2D eigenvalue weighted by molar-refractivity contribution is 7.86. The Hall–Kier alpha value is -1.36. The van der Waals surface area contributed by atoms with Crippen LogP contribution in [0, 0.1) is 6.92 Å². The summed E-state index contributed by atoms with van der Waals surface area (Å²) in [6.07, 6.45) is 0.214. The van der Waals surface area contributed by atoms with Crippen LogP contribution in [0.2, 0.25) is 0 Å². The van der Waals surface area contributed by atoms with Crippen LogP contribution < -0.4 is 0 Å². The largest absolute Gasteiger partial charge is 0.348 e. The van der Waals surface area contributed by atoms with Crippen LogP contribution in [-0.4, -0.2) is 18.7 Å². The maximum absolute atomic E-state index is 12.6. The van der Waals surface area contributed by atoms with E-state index in [1.54, 1.807) is 0 Å². The summed E-state index contributed by atoms with van der Waals surface area (Å²) in [6.45, 7) is 1.92. The number of fused-ring (bicyclic) bond motifs is 1. The molecule has 0 amide bonds. The quantitative estimate of drug-likeness (QED) is 0.790. The van der Waals surface area contributed by atoms with Gasteiger partial charge in [-0.25, -0.2) is 0 Å². The molecule has 0 atom stereocenters. The molecule has 92 valence electrons. The Kier molecular flexibility index (Phi) is 2.95. The van der Waals surface area contributed by atoms with Gasteiger partial charge in [-0.05, 0) is 25.0 Å². The second-order valence-electron chi connectivity index (χ2n) is 4.13. The average Bonchev–Trinajstić information content (AvgIpc) is 2.49. The average molecular weight is 255 g/mol. The van der Waals surface area contributed by atoms with Gasteiger partial charge in [0, 0.05) is 23.6 Å². The molecule has 2 aromatic rings. The number of aryl methyl sites for hydroxylation is 2. The standard InChI is InChI=1S/C12H14FNO2S/c1-9-10(7-8-17(13,15)16)11-5-3-4-6-12(11)14(9)2/h3-6H,7-8H2,1-2H3. The van der Waals surface area contributed by atoms with Gasteiger partial charge in [-0.15, -0.1) is 3.89 Å². The summed E-state index contributed by atoms with van der Waals surface area (Å²) < 4.78 is 35.7. The number of hydrogen-bond donors (Lipinski definition) is 0. The second-order valence-corrected chi connectivity index (χ2v) is 5.62. The Morgan fingerprint density at radius 1 is 1.29 bits per heavy atom. The minimum absolute atomic E-state index is 0.214. The van der Waals surface area contributed by atoms with Gasteiger partial charge in [0.15, 0.2) is 0 Å². The number of hydrogen-bond acceptors (Lipinski definition) is 2. The van der Waals surface area contributed by atoms with Crippen molar-refractivity contribution in [2.75, 3.05) is 5.75 Å². The molecule has 0 bridgehead atoms. The number of benzene rings is 1. The highest BCUT2D eigenvalue weighted by atomic mass is 32.3. The van der Waals surface area contributed by atoms with E-state index in [1.807, 2.05) is 42.8 Å². The highest BCUT2D eigenvalue weighted by Gasteiger charge is 2.14. The molecule has 0 spiro atoms. The van der Waals surface area contributed by atoms with Crippen molar-refractivity contribution >= 4 is 21.1 Å². The first kappa shape index (κ1) is 12.1. The summed E-state index contributed by atoms with van der Waals surface area (Å²) in [5.74, 6) is -0.457. The third-order valence-electron chi connectivity index (χ3n) is 3.13. The van der Waals surface area contributed by atoms with E-state index in [0.29, 0.717) is 0 Å². The first-order valence-corrected chi connectivity index (χ1v) is 6.90. The SMILES string of the molecule is Cc1c(CCS(=O)(=O)F)c2ccccc2n1C. The summed E-state index contributed by atoms with van der Waals surface area (Å²) in [6, 6.07) is 7.73. The van der Waals surface area contributed by atoms with Gasteiger partial charge >= 0.3 is 10.2 Å². The van der Waals surface area contributed by atoms with Crippen LogP contribution in [0.3, 0.4) is 0 Å². The molecule has 0 radical (unpaired) electrons. The van der Waals surface area contributed by atoms with Gasteiger partial charge < -0.3 is 4.57 Å². The monoisotopic (exact) mass is 255 g/mol. The molecule has 0 fully saturated rings. The number of rotatable bonds is 3. The molecule has 0 unspecified atom stereocenters. The van der Waals surface area contributed by atoms with Gasteiger partial charge in [0.25, 0.3) is 0 Å². The first-order chi connectivity index (χ1) is 7.90. The molecule has 0 saturated heterocycles. The van der Waals surface area contributed by atoms with E-state index in [2.05, 4.69) is 0 Å². The molecule has 0 saturated carbocycles. The van der Waals surface area contributed by atoms with Gasteiger partial charge in [0.05, 0.1) is 5.75 Å². The first-order valence-electron chi connectivity index (χ1n) is 5.35. The Bertz CT molecular complexity index is 658. The summed E-state index contributed by atoms with van der Waals surface area (Å²) in [4.78, 5) is 0. The summed E-state index contributed by atoms with van der Waals surface area (Å²) in [7, 11) is -2.49. The molecule has 17 heavy (non-hydrogen) atoms.